The van der Waals surface area contributed by atoms with Gasteiger partial charge in [-0.3, -0.25) is 4.79 Å². The molecule has 0 unspecified atom stereocenters. The predicted octanol–water partition coefficient (Wildman–Crippen LogP) is 4.00. The molecule has 2 aromatic rings. The SMILES string of the molecule is CC[C@H](C)NC(=O)CSc1ncc(-c2ccc(Cl)cc2)o1. The van der Waals surface area contributed by atoms with Gasteiger partial charge in [-0.05, 0) is 37.6 Å². The normalized spacial score (nSPS) is 12.1. The van der Waals surface area contributed by atoms with Crippen LogP contribution in [0.2, 0.25) is 5.02 Å². The van der Waals surface area contributed by atoms with Gasteiger partial charge < -0.3 is 9.73 Å². The molecule has 1 amide bonds. The van der Waals surface area contributed by atoms with E-state index in [9.17, 15) is 4.79 Å². The highest BCUT2D eigenvalue weighted by Crippen LogP contribution is 2.26. The third-order valence-corrected chi connectivity index (χ3v) is 4.05. The maximum Gasteiger partial charge on any atom is 0.256 e. The highest BCUT2D eigenvalue weighted by Gasteiger charge is 2.10. The van der Waals surface area contributed by atoms with E-state index in [0.717, 1.165) is 12.0 Å². The van der Waals surface area contributed by atoms with Gasteiger partial charge in [0.05, 0.1) is 11.9 Å². The summed E-state index contributed by atoms with van der Waals surface area (Å²) in [6.07, 6.45) is 2.56. The third-order valence-electron chi connectivity index (χ3n) is 2.96. The van der Waals surface area contributed by atoms with Crippen molar-refractivity contribution < 1.29 is 9.21 Å². The van der Waals surface area contributed by atoms with Gasteiger partial charge in [-0.2, -0.15) is 0 Å². The summed E-state index contributed by atoms with van der Waals surface area (Å²) in [4.78, 5) is 15.9. The molecule has 0 fully saturated rings. The number of carbonyl (C=O) groups is 1. The molecule has 1 aromatic carbocycles. The Bertz CT molecular complexity index is 598. The van der Waals surface area contributed by atoms with Crippen molar-refractivity contribution in [2.75, 3.05) is 5.75 Å². The first kappa shape index (κ1) is 15.9. The summed E-state index contributed by atoms with van der Waals surface area (Å²) in [6, 6.07) is 7.52. The number of nitrogens with one attached hydrogen (secondary N) is 1. The fraction of sp³-hybridized carbons (Fsp3) is 0.333. The lowest BCUT2D eigenvalue weighted by atomic mass is 10.2. The fourth-order valence-corrected chi connectivity index (χ4v) is 2.36. The van der Waals surface area contributed by atoms with Gasteiger partial charge in [-0.1, -0.05) is 30.3 Å². The predicted molar refractivity (Wildman–Crippen MR) is 85.6 cm³/mol. The molecule has 21 heavy (non-hydrogen) atoms. The van der Waals surface area contributed by atoms with Crippen LogP contribution in [-0.2, 0) is 4.79 Å². The van der Waals surface area contributed by atoms with E-state index in [4.69, 9.17) is 16.0 Å². The van der Waals surface area contributed by atoms with E-state index in [-0.39, 0.29) is 11.9 Å². The average molecular weight is 325 g/mol. The molecule has 1 aromatic heterocycles. The van der Waals surface area contributed by atoms with Crippen molar-refractivity contribution in [1.82, 2.24) is 10.3 Å². The summed E-state index contributed by atoms with van der Waals surface area (Å²) in [6.45, 7) is 4.01. The maximum atomic E-state index is 11.7. The Morgan fingerprint density at radius 1 is 1.43 bits per heavy atom. The zero-order valence-electron chi connectivity index (χ0n) is 11.9. The van der Waals surface area contributed by atoms with Crippen molar-refractivity contribution in [3.05, 3.63) is 35.5 Å². The molecule has 1 heterocycles. The fourth-order valence-electron chi connectivity index (χ4n) is 1.62. The Morgan fingerprint density at radius 3 is 2.81 bits per heavy atom. The van der Waals surface area contributed by atoms with Crippen LogP contribution >= 0.6 is 23.4 Å². The van der Waals surface area contributed by atoms with Gasteiger partial charge in [0, 0.05) is 16.6 Å². The van der Waals surface area contributed by atoms with Crippen molar-refractivity contribution in [2.24, 2.45) is 0 Å². The number of aromatic nitrogens is 1. The van der Waals surface area contributed by atoms with Crippen molar-refractivity contribution >= 4 is 29.3 Å². The maximum absolute atomic E-state index is 11.7. The average Bonchev–Trinajstić information content (AvgIpc) is 2.94. The van der Waals surface area contributed by atoms with Gasteiger partial charge in [0.15, 0.2) is 5.76 Å². The highest BCUT2D eigenvalue weighted by atomic mass is 35.5. The van der Waals surface area contributed by atoms with Crippen LogP contribution in [0.5, 0.6) is 0 Å². The smallest absolute Gasteiger partial charge is 0.256 e. The summed E-state index contributed by atoms with van der Waals surface area (Å²) >= 11 is 7.13. The first-order valence-corrected chi connectivity index (χ1v) is 8.08. The Hall–Kier alpha value is -1.46. The molecular weight excluding hydrogens is 308 g/mol. The lowest BCUT2D eigenvalue weighted by Gasteiger charge is -2.09. The van der Waals surface area contributed by atoms with Gasteiger partial charge in [0.25, 0.3) is 5.22 Å². The zero-order valence-corrected chi connectivity index (χ0v) is 13.5. The second-order valence-electron chi connectivity index (χ2n) is 4.66. The monoisotopic (exact) mass is 324 g/mol. The number of amides is 1. The number of oxazole rings is 1. The number of benzene rings is 1. The van der Waals surface area contributed by atoms with Gasteiger partial charge >= 0.3 is 0 Å². The van der Waals surface area contributed by atoms with Crippen LogP contribution in [0.15, 0.2) is 40.1 Å². The number of nitrogens with zero attached hydrogens (tertiary/aromatic N) is 1. The van der Waals surface area contributed by atoms with Crippen LogP contribution in [0.3, 0.4) is 0 Å². The number of hydrogen-bond donors (Lipinski definition) is 1. The molecule has 0 saturated heterocycles. The van der Waals surface area contributed by atoms with E-state index >= 15 is 0 Å². The van der Waals surface area contributed by atoms with E-state index in [2.05, 4.69) is 10.3 Å². The number of carbonyl (C=O) groups excluding carboxylic acids is 1. The molecule has 112 valence electrons. The first-order chi connectivity index (χ1) is 10.1. The van der Waals surface area contributed by atoms with Crippen LogP contribution in [0.25, 0.3) is 11.3 Å². The molecular formula is C15H17ClN2O2S. The summed E-state index contributed by atoms with van der Waals surface area (Å²) in [5.41, 5.74) is 0.905. The van der Waals surface area contributed by atoms with Gasteiger partial charge in [-0.25, -0.2) is 4.98 Å². The molecule has 0 bridgehead atoms. The van der Waals surface area contributed by atoms with Gasteiger partial charge in [0.2, 0.25) is 5.91 Å². The summed E-state index contributed by atoms with van der Waals surface area (Å²) in [7, 11) is 0. The molecule has 0 aliphatic carbocycles. The number of hydrogen-bond acceptors (Lipinski definition) is 4. The minimum Gasteiger partial charge on any atom is -0.431 e. The summed E-state index contributed by atoms with van der Waals surface area (Å²) in [5.74, 6) is 0.947. The lowest BCUT2D eigenvalue weighted by molar-refractivity contribution is -0.119. The van der Waals surface area contributed by atoms with Crippen molar-refractivity contribution in [1.29, 1.82) is 0 Å². The van der Waals surface area contributed by atoms with E-state index in [0.29, 0.717) is 21.8 Å². The van der Waals surface area contributed by atoms with Crippen LogP contribution in [0.4, 0.5) is 0 Å². The molecule has 0 radical (unpaired) electrons. The van der Waals surface area contributed by atoms with Gasteiger partial charge in [-0.15, -0.1) is 0 Å². The topological polar surface area (TPSA) is 55.1 Å². The molecule has 0 aliphatic heterocycles. The van der Waals surface area contributed by atoms with E-state index in [1.54, 1.807) is 18.3 Å². The second kappa shape index (κ2) is 7.52. The van der Waals surface area contributed by atoms with Crippen LogP contribution in [-0.4, -0.2) is 22.7 Å². The molecule has 0 saturated carbocycles. The van der Waals surface area contributed by atoms with E-state index < -0.39 is 0 Å². The zero-order chi connectivity index (χ0) is 15.2. The molecule has 1 N–H and O–H groups in total. The van der Waals surface area contributed by atoms with Crippen LogP contribution in [0, 0.1) is 0 Å². The second-order valence-corrected chi connectivity index (χ2v) is 6.03. The largest absolute Gasteiger partial charge is 0.431 e. The number of halogens is 1. The van der Waals surface area contributed by atoms with Gasteiger partial charge in [0.1, 0.15) is 0 Å². The molecule has 1 atom stereocenters. The molecule has 2 rings (SSSR count). The Kier molecular flexibility index (Phi) is 5.70. The lowest BCUT2D eigenvalue weighted by Crippen LogP contribution is -2.33. The molecule has 6 heteroatoms. The minimum absolute atomic E-state index is 0.0133. The highest BCUT2D eigenvalue weighted by molar-refractivity contribution is 7.99. The van der Waals surface area contributed by atoms with Crippen LogP contribution < -0.4 is 5.32 Å². The van der Waals surface area contributed by atoms with Crippen molar-refractivity contribution in [2.45, 2.75) is 31.5 Å². The molecule has 0 spiro atoms. The van der Waals surface area contributed by atoms with Crippen molar-refractivity contribution in [3.63, 3.8) is 0 Å². The number of rotatable bonds is 6. The first-order valence-electron chi connectivity index (χ1n) is 6.72. The summed E-state index contributed by atoms with van der Waals surface area (Å²) < 4.78 is 5.62. The Labute approximate surface area is 133 Å². The summed E-state index contributed by atoms with van der Waals surface area (Å²) in [5, 5.41) is 4.06. The third kappa shape index (κ3) is 4.79. The molecule has 4 nitrogen and oxygen atoms in total. The Morgan fingerprint density at radius 2 is 2.14 bits per heavy atom. The number of thioether (sulfide) groups is 1. The van der Waals surface area contributed by atoms with E-state index in [1.165, 1.54) is 11.8 Å². The van der Waals surface area contributed by atoms with Crippen molar-refractivity contribution in [3.8, 4) is 11.3 Å². The standard InChI is InChI=1S/C15H17ClN2O2S/c1-3-10(2)18-14(19)9-21-15-17-8-13(20-15)11-4-6-12(16)7-5-11/h4-8,10H,3,9H2,1-2H3,(H,18,19)/t10-/m0/s1. The Balaban J connectivity index is 1.91. The quantitative estimate of drug-likeness (QED) is 0.816. The molecule has 0 aliphatic rings. The minimum atomic E-state index is -0.0133. The van der Waals surface area contributed by atoms with Crippen LogP contribution in [0.1, 0.15) is 20.3 Å². The van der Waals surface area contributed by atoms with E-state index in [1.807, 2.05) is 26.0 Å².